The molecular formula is C29H19N5. The fourth-order valence-corrected chi connectivity index (χ4v) is 4.82. The van der Waals surface area contributed by atoms with Gasteiger partial charge < -0.3 is 0 Å². The first-order valence-electron chi connectivity index (χ1n) is 11.2. The maximum Gasteiger partial charge on any atom is 0.236 e. The van der Waals surface area contributed by atoms with Gasteiger partial charge in [0, 0.05) is 29.0 Å². The van der Waals surface area contributed by atoms with Crippen LogP contribution in [0.3, 0.4) is 0 Å². The largest absolute Gasteiger partial charge is 0.295 e. The molecule has 0 aliphatic rings. The van der Waals surface area contributed by atoms with E-state index in [9.17, 15) is 0 Å². The summed E-state index contributed by atoms with van der Waals surface area (Å²) >= 11 is 0. The summed E-state index contributed by atoms with van der Waals surface area (Å²) in [5, 5.41) is 2.26. The smallest absolute Gasteiger partial charge is 0.236 e. The van der Waals surface area contributed by atoms with E-state index in [1.54, 1.807) is 0 Å². The van der Waals surface area contributed by atoms with E-state index >= 15 is 0 Å². The minimum absolute atomic E-state index is 0.620. The number of aromatic nitrogens is 5. The molecule has 0 fully saturated rings. The average Bonchev–Trinajstić information content (AvgIpc) is 3.42. The number of hydrogen-bond donors (Lipinski definition) is 0. The van der Waals surface area contributed by atoms with Crippen LogP contribution in [-0.2, 0) is 0 Å². The number of para-hydroxylation sites is 2. The van der Waals surface area contributed by atoms with Crippen molar-refractivity contribution in [3.05, 3.63) is 116 Å². The molecule has 0 saturated carbocycles. The van der Waals surface area contributed by atoms with Gasteiger partial charge in [0.2, 0.25) is 5.95 Å². The maximum atomic E-state index is 5.00. The van der Waals surface area contributed by atoms with Crippen LogP contribution >= 0.6 is 0 Å². The van der Waals surface area contributed by atoms with Gasteiger partial charge in [0.15, 0.2) is 0 Å². The Morgan fingerprint density at radius 2 is 1.29 bits per heavy atom. The van der Waals surface area contributed by atoms with Crippen LogP contribution in [0.2, 0.25) is 0 Å². The Bertz CT molecular complexity index is 1800. The summed E-state index contributed by atoms with van der Waals surface area (Å²) in [6.45, 7) is 0. The summed E-state index contributed by atoms with van der Waals surface area (Å²) in [4.78, 5) is 14.5. The lowest BCUT2D eigenvalue weighted by Gasteiger charge is -2.12. The molecule has 5 heteroatoms. The highest BCUT2D eigenvalue weighted by atomic mass is 15.2. The predicted molar refractivity (Wildman–Crippen MR) is 136 cm³/mol. The van der Waals surface area contributed by atoms with Gasteiger partial charge in [-0.25, -0.2) is 9.97 Å². The van der Waals surface area contributed by atoms with Crippen LogP contribution in [0.15, 0.2) is 116 Å². The van der Waals surface area contributed by atoms with Gasteiger partial charge in [0.25, 0.3) is 0 Å². The topological polar surface area (TPSA) is 48.5 Å². The average molecular weight is 438 g/mol. The first kappa shape index (κ1) is 18.8. The number of fused-ring (bicyclic) bond motifs is 5. The summed E-state index contributed by atoms with van der Waals surface area (Å²) < 4.78 is 4.42. The molecule has 0 spiro atoms. The van der Waals surface area contributed by atoms with E-state index in [4.69, 9.17) is 15.0 Å². The Kier molecular flexibility index (Phi) is 4.08. The van der Waals surface area contributed by atoms with Crippen LogP contribution in [0.4, 0.5) is 0 Å². The normalized spacial score (nSPS) is 11.5. The monoisotopic (exact) mass is 437 g/mol. The molecule has 0 amide bonds. The van der Waals surface area contributed by atoms with E-state index in [2.05, 4.69) is 75.9 Å². The molecule has 0 atom stereocenters. The third-order valence-corrected chi connectivity index (χ3v) is 6.25. The van der Waals surface area contributed by atoms with Gasteiger partial charge in [-0.1, -0.05) is 66.7 Å². The molecular weight excluding hydrogens is 418 g/mol. The van der Waals surface area contributed by atoms with Gasteiger partial charge in [-0.15, -0.1) is 0 Å². The molecule has 3 aromatic carbocycles. The molecule has 4 heterocycles. The lowest BCUT2D eigenvalue weighted by Crippen LogP contribution is -2.05. The van der Waals surface area contributed by atoms with Crippen LogP contribution in [0.25, 0.3) is 55.9 Å². The minimum atomic E-state index is 0.620. The van der Waals surface area contributed by atoms with E-state index in [0.29, 0.717) is 5.95 Å². The van der Waals surface area contributed by atoms with E-state index in [1.165, 1.54) is 0 Å². The third-order valence-electron chi connectivity index (χ3n) is 6.25. The van der Waals surface area contributed by atoms with Gasteiger partial charge in [-0.3, -0.25) is 14.1 Å². The molecule has 0 saturated heterocycles. The highest BCUT2D eigenvalue weighted by Gasteiger charge is 2.23. The van der Waals surface area contributed by atoms with Crippen molar-refractivity contribution in [2.24, 2.45) is 0 Å². The predicted octanol–water partition coefficient (Wildman–Crippen LogP) is 6.58. The summed E-state index contributed by atoms with van der Waals surface area (Å²) in [6, 6.07) is 35.1. The van der Waals surface area contributed by atoms with Crippen LogP contribution < -0.4 is 0 Å². The highest BCUT2D eigenvalue weighted by molar-refractivity contribution is 6.21. The summed E-state index contributed by atoms with van der Waals surface area (Å²) in [7, 11) is 0. The number of rotatable bonds is 3. The highest BCUT2D eigenvalue weighted by Crippen LogP contribution is 2.39. The fourth-order valence-electron chi connectivity index (χ4n) is 4.82. The SMILES string of the molecule is c1ccc(-c2ccnc(-n3c4cccnc4c4c5ccccc5n(-c5ccccc5)c43)n2)cc1. The van der Waals surface area contributed by atoms with E-state index < -0.39 is 0 Å². The zero-order valence-corrected chi connectivity index (χ0v) is 18.2. The Morgan fingerprint density at radius 3 is 2.15 bits per heavy atom. The number of hydrogen-bond acceptors (Lipinski definition) is 3. The second-order valence-corrected chi connectivity index (χ2v) is 8.20. The van der Waals surface area contributed by atoms with Gasteiger partial charge in [0.05, 0.1) is 27.6 Å². The zero-order valence-electron chi connectivity index (χ0n) is 18.2. The molecule has 0 unspecified atom stereocenters. The molecule has 0 radical (unpaired) electrons. The van der Waals surface area contributed by atoms with Crippen molar-refractivity contribution in [1.29, 1.82) is 0 Å². The van der Waals surface area contributed by atoms with E-state index in [1.807, 2.05) is 48.8 Å². The van der Waals surface area contributed by atoms with Crippen molar-refractivity contribution in [1.82, 2.24) is 24.1 Å². The van der Waals surface area contributed by atoms with Crippen molar-refractivity contribution in [3.8, 4) is 22.9 Å². The van der Waals surface area contributed by atoms with Crippen molar-refractivity contribution >= 4 is 33.0 Å². The maximum absolute atomic E-state index is 5.00. The lowest BCUT2D eigenvalue weighted by atomic mass is 10.1. The molecule has 7 rings (SSSR count). The first-order valence-corrected chi connectivity index (χ1v) is 11.2. The molecule has 0 aliphatic carbocycles. The van der Waals surface area contributed by atoms with Crippen molar-refractivity contribution < 1.29 is 0 Å². The first-order chi connectivity index (χ1) is 16.9. The Balaban J connectivity index is 1.65. The molecule has 0 bridgehead atoms. The standard InChI is InChI=1S/C29H19N5/c1-3-10-20(11-4-1)23-17-19-31-29(32-23)34-25-16-9-18-30-27(25)26-22-14-7-8-15-24(22)33(28(26)34)21-12-5-2-6-13-21/h1-19H. The molecule has 0 N–H and O–H groups in total. The Hall–Kier alpha value is -4.77. The van der Waals surface area contributed by atoms with Gasteiger partial charge >= 0.3 is 0 Å². The number of benzene rings is 3. The molecule has 5 nitrogen and oxygen atoms in total. The van der Waals surface area contributed by atoms with Gasteiger partial charge in [0.1, 0.15) is 5.65 Å². The van der Waals surface area contributed by atoms with E-state index in [-0.39, 0.29) is 0 Å². The summed E-state index contributed by atoms with van der Waals surface area (Å²) in [5.74, 6) is 0.620. The van der Waals surface area contributed by atoms with Crippen LogP contribution in [-0.4, -0.2) is 24.1 Å². The molecule has 0 aliphatic heterocycles. The Labute approximate surface area is 195 Å². The summed E-state index contributed by atoms with van der Waals surface area (Å²) in [5.41, 5.74) is 7.07. The van der Waals surface area contributed by atoms with Crippen LogP contribution in [0.1, 0.15) is 0 Å². The third kappa shape index (κ3) is 2.70. The number of pyridine rings is 1. The molecule has 7 aromatic rings. The van der Waals surface area contributed by atoms with Gasteiger partial charge in [-0.2, -0.15) is 0 Å². The van der Waals surface area contributed by atoms with Crippen molar-refractivity contribution in [2.45, 2.75) is 0 Å². The Morgan fingerprint density at radius 1 is 0.559 bits per heavy atom. The van der Waals surface area contributed by atoms with Crippen molar-refractivity contribution in [3.63, 3.8) is 0 Å². The van der Waals surface area contributed by atoms with Crippen LogP contribution in [0.5, 0.6) is 0 Å². The fraction of sp³-hybridized carbons (Fsp3) is 0. The lowest BCUT2D eigenvalue weighted by molar-refractivity contribution is 0.960. The van der Waals surface area contributed by atoms with Crippen LogP contribution in [0, 0.1) is 0 Å². The zero-order chi connectivity index (χ0) is 22.5. The second-order valence-electron chi connectivity index (χ2n) is 8.20. The van der Waals surface area contributed by atoms with Crippen molar-refractivity contribution in [2.75, 3.05) is 0 Å². The number of nitrogens with zero attached hydrogens (tertiary/aromatic N) is 5. The van der Waals surface area contributed by atoms with Gasteiger partial charge in [-0.05, 0) is 36.4 Å². The molecule has 160 valence electrons. The summed E-state index contributed by atoms with van der Waals surface area (Å²) in [6.07, 6.45) is 3.68. The minimum Gasteiger partial charge on any atom is -0.295 e. The second kappa shape index (κ2) is 7.39. The molecule has 34 heavy (non-hydrogen) atoms. The quantitative estimate of drug-likeness (QED) is 0.314. The van der Waals surface area contributed by atoms with E-state index in [0.717, 1.165) is 49.9 Å². The molecule has 4 aromatic heterocycles.